The standard InChI is InChI=1S/C14H27NO2/c1-12-4-2-5-13-6-3-7-15(14(12)13)8-10-17-11-9-16/h12-14,16H,2-11H2,1H3/t12-,13-,14-/m1/s1. The van der Waals surface area contributed by atoms with Gasteiger partial charge in [-0.1, -0.05) is 13.3 Å². The summed E-state index contributed by atoms with van der Waals surface area (Å²) in [5.41, 5.74) is 0. The number of aliphatic hydroxyl groups excluding tert-OH is 1. The number of piperidine rings is 1. The molecule has 0 aromatic carbocycles. The second-order valence-corrected chi connectivity index (χ2v) is 5.67. The molecule has 0 amide bonds. The highest BCUT2D eigenvalue weighted by Gasteiger charge is 2.36. The fourth-order valence-corrected chi connectivity index (χ4v) is 3.80. The lowest BCUT2D eigenvalue weighted by Gasteiger charge is -2.47. The van der Waals surface area contributed by atoms with Gasteiger partial charge in [-0.15, -0.1) is 0 Å². The zero-order valence-corrected chi connectivity index (χ0v) is 11.1. The Balaban J connectivity index is 1.82. The molecule has 0 unspecified atom stereocenters. The van der Waals surface area contributed by atoms with E-state index in [4.69, 9.17) is 9.84 Å². The third-order valence-corrected chi connectivity index (χ3v) is 4.50. The van der Waals surface area contributed by atoms with Crippen LogP contribution in [-0.2, 0) is 4.74 Å². The molecule has 2 rings (SSSR count). The van der Waals surface area contributed by atoms with E-state index in [-0.39, 0.29) is 6.61 Å². The Morgan fingerprint density at radius 1 is 1.18 bits per heavy atom. The van der Waals surface area contributed by atoms with E-state index in [1.54, 1.807) is 0 Å². The molecule has 3 heteroatoms. The van der Waals surface area contributed by atoms with Crippen molar-refractivity contribution in [3.05, 3.63) is 0 Å². The van der Waals surface area contributed by atoms with Crippen molar-refractivity contribution in [3.63, 3.8) is 0 Å². The number of rotatable bonds is 5. The van der Waals surface area contributed by atoms with Crippen LogP contribution in [-0.4, -0.2) is 49.0 Å². The minimum absolute atomic E-state index is 0.141. The maximum absolute atomic E-state index is 8.69. The fraction of sp³-hybridized carbons (Fsp3) is 1.00. The molecule has 3 atom stereocenters. The molecule has 1 N–H and O–H groups in total. The van der Waals surface area contributed by atoms with Crippen LogP contribution < -0.4 is 0 Å². The van der Waals surface area contributed by atoms with E-state index in [1.807, 2.05) is 0 Å². The number of aliphatic hydroxyl groups is 1. The SMILES string of the molecule is C[C@@H]1CCC[C@@H]2CCCN(CCOCCO)[C@@H]21. The van der Waals surface area contributed by atoms with Gasteiger partial charge in [-0.3, -0.25) is 4.90 Å². The molecule has 2 aliphatic rings. The van der Waals surface area contributed by atoms with E-state index >= 15 is 0 Å². The van der Waals surface area contributed by atoms with Crippen LogP contribution >= 0.6 is 0 Å². The van der Waals surface area contributed by atoms with Gasteiger partial charge in [0.15, 0.2) is 0 Å². The smallest absolute Gasteiger partial charge is 0.0698 e. The third-order valence-electron chi connectivity index (χ3n) is 4.50. The topological polar surface area (TPSA) is 32.7 Å². The highest BCUT2D eigenvalue weighted by molar-refractivity contribution is 4.90. The second kappa shape index (κ2) is 6.72. The quantitative estimate of drug-likeness (QED) is 0.746. The molecule has 1 heterocycles. The first-order valence-corrected chi connectivity index (χ1v) is 7.25. The maximum atomic E-state index is 8.69. The van der Waals surface area contributed by atoms with Crippen LogP contribution in [0, 0.1) is 11.8 Å². The van der Waals surface area contributed by atoms with E-state index in [0.29, 0.717) is 6.61 Å². The molecule has 2 fully saturated rings. The molecule has 1 aliphatic carbocycles. The molecule has 17 heavy (non-hydrogen) atoms. The van der Waals surface area contributed by atoms with Gasteiger partial charge in [0, 0.05) is 12.6 Å². The normalized spacial score (nSPS) is 34.6. The van der Waals surface area contributed by atoms with Gasteiger partial charge in [0.1, 0.15) is 0 Å². The lowest BCUT2D eigenvalue weighted by atomic mass is 9.73. The van der Waals surface area contributed by atoms with Crippen LogP contribution in [0.5, 0.6) is 0 Å². The van der Waals surface area contributed by atoms with Crippen molar-refractivity contribution in [2.75, 3.05) is 32.9 Å². The summed E-state index contributed by atoms with van der Waals surface area (Å²) in [7, 11) is 0. The van der Waals surface area contributed by atoms with Gasteiger partial charge in [-0.05, 0) is 44.1 Å². The van der Waals surface area contributed by atoms with E-state index in [2.05, 4.69) is 11.8 Å². The minimum Gasteiger partial charge on any atom is -0.394 e. The van der Waals surface area contributed by atoms with Gasteiger partial charge in [0.25, 0.3) is 0 Å². The van der Waals surface area contributed by atoms with E-state index in [0.717, 1.165) is 31.0 Å². The van der Waals surface area contributed by atoms with Crippen LogP contribution in [0.15, 0.2) is 0 Å². The molecular formula is C14H27NO2. The molecule has 0 radical (unpaired) electrons. The molecule has 100 valence electrons. The van der Waals surface area contributed by atoms with Crippen molar-refractivity contribution in [3.8, 4) is 0 Å². The summed E-state index contributed by atoms with van der Waals surface area (Å²) in [6.45, 7) is 6.11. The Bertz CT molecular complexity index is 220. The molecule has 1 aliphatic heterocycles. The average molecular weight is 241 g/mol. The summed E-state index contributed by atoms with van der Waals surface area (Å²) in [5.74, 6) is 1.79. The number of fused-ring (bicyclic) bond motifs is 1. The third kappa shape index (κ3) is 3.43. The molecule has 0 spiro atoms. The monoisotopic (exact) mass is 241 g/mol. The lowest BCUT2D eigenvalue weighted by Crippen LogP contribution is -2.51. The zero-order valence-electron chi connectivity index (χ0n) is 11.1. The first kappa shape index (κ1) is 13.3. The predicted octanol–water partition coefficient (Wildman–Crippen LogP) is 1.90. The van der Waals surface area contributed by atoms with Crippen molar-refractivity contribution < 1.29 is 9.84 Å². The predicted molar refractivity (Wildman–Crippen MR) is 69.0 cm³/mol. The summed E-state index contributed by atoms with van der Waals surface area (Å²) in [6.07, 6.45) is 7.05. The van der Waals surface area contributed by atoms with Gasteiger partial charge in [0.05, 0.1) is 19.8 Å². The van der Waals surface area contributed by atoms with Gasteiger partial charge in [-0.25, -0.2) is 0 Å². The number of ether oxygens (including phenoxy) is 1. The molecule has 1 saturated heterocycles. The Morgan fingerprint density at radius 2 is 2.00 bits per heavy atom. The van der Waals surface area contributed by atoms with Crippen LogP contribution in [0.2, 0.25) is 0 Å². The maximum Gasteiger partial charge on any atom is 0.0698 e. The van der Waals surface area contributed by atoms with Gasteiger partial charge >= 0.3 is 0 Å². The van der Waals surface area contributed by atoms with Crippen molar-refractivity contribution in [2.45, 2.75) is 45.1 Å². The Kier molecular flexibility index (Phi) is 5.26. The van der Waals surface area contributed by atoms with Gasteiger partial charge in [0.2, 0.25) is 0 Å². The minimum atomic E-state index is 0.141. The summed E-state index contributed by atoms with van der Waals surface area (Å²) in [4.78, 5) is 2.65. The molecule has 0 aromatic heterocycles. The molecule has 1 saturated carbocycles. The van der Waals surface area contributed by atoms with Gasteiger partial charge < -0.3 is 9.84 Å². The highest BCUT2D eigenvalue weighted by atomic mass is 16.5. The number of hydrogen-bond acceptors (Lipinski definition) is 3. The van der Waals surface area contributed by atoms with Gasteiger partial charge in [-0.2, -0.15) is 0 Å². The first-order valence-electron chi connectivity index (χ1n) is 7.25. The molecule has 0 aromatic rings. The number of nitrogens with zero attached hydrogens (tertiary/aromatic N) is 1. The Hall–Kier alpha value is -0.120. The zero-order chi connectivity index (χ0) is 12.1. The van der Waals surface area contributed by atoms with E-state index in [1.165, 1.54) is 38.6 Å². The van der Waals surface area contributed by atoms with Crippen molar-refractivity contribution in [1.29, 1.82) is 0 Å². The van der Waals surface area contributed by atoms with Crippen LogP contribution in [0.25, 0.3) is 0 Å². The van der Waals surface area contributed by atoms with Crippen molar-refractivity contribution in [2.24, 2.45) is 11.8 Å². The summed E-state index contributed by atoms with van der Waals surface area (Å²) >= 11 is 0. The average Bonchev–Trinajstić information content (AvgIpc) is 2.35. The Morgan fingerprint density at radius 3 is 2.82 bits per heavy atom. The van der Waals surface area contributed by atoms with E-state index in [9.17, 15) is 0 Å². The summed E-state index contributed by atoms with van der Waals surface area (Å²) < 4.78 is 5.41. The first-order chi connectivity index (χ1) is 8.33. The lowest BCUT2D eigenvalue weighted by molar-refractivity contribution is -0.000751. The Labute approximate surface area is 105 Å². The second-order valence-electron chi connectivity index (χ2n) is 5.67. The largest absolute Gasteiger partial charge is 0.394 e. The molecule has 3 nitrogen and oxygen atoms in total. The van der Waals surface area contributed by atoms with Crippen LogP contribution in [0.4, 0.5) is 0 Å². The fourth-order valence-electron chi connectivity index (χ4n) is 3.80. The van der Waals surface area contributed by atoms with Crippen LogP contribution in [0.3, 0.4) is 0 Å². The summed E-state index contributed by atoms with van der Waals surface area (Å²) in [5, 5.41) is 8.69. The number of likely N-dealkylation sites (tertiary alicyclic amines) is 1. The molecular weight excluding hydrogens is 214 g/mol. The van der Waals surface area contributed by atoms with E-state index < -0.39 is 0 Å². The van der Waals surface area contributed by atoms with Crippen LogP contribution in [0.1, 0.15) is 39.0 Å². The van der Waals surface area contributed by atoms with Crippen molar-refractivity contribution in [1.82, 2.24) is 4.90 Å². The van der Waals surface area contributed by atoms with Crippen molar-refractivity contribution >= 4 is 0 Å². The number of hydrogen-bond donors (Lipinski definition) is 1. The summed E-state index contributed by atoms with van der Waals surface area (Å²) in [6, 6.07) is 0.801. The molecule has 0 bridgehead atoms. The highest BCUT2D eigenvalue weighted by Crippen LogP contribution is 2.38.